The van der Waals surface area contributed by atoms with Crippen molar-refractivity contribution in [3.05, 3.63) is 35.9 Å². The van der Waals surface area contributed by atoms with Crippen LogP contribution in [0.15, 0.2) is 24.4 Å². The van der Waals surface area contributed by atoms with Gasteiger partial charge in [-0.2, -0.15) is 13.2 Å². The quantitative estimate of drug-likeness (QED) is 0.786. The van der Waals surface area contributed by atoms with Gasteiger partial charge in [-0.1, -0.05) is 0 Å². The Morgan fingerprint density at radius 3 is 2.79 bits per heavy atom. The van der Waals surface area contributed by atoms with Gasteiger partial charge >= 0.3 is 6.18 Å². The fraction of sp³-hybridized carbons (Fsp3) is 0.474. The average molecular weight is 394 g/mol. The van der Waals surface area contributed by atoms with Crippen LogP contribution in [-0.2, 0) is 23.9 Å². The molecule has 1 aromatic heterocycles. The van der Waals surface area contributed by atoms with Crippen LogP contribution in [0, 0.1) is 5.92 Å². The number of ether oxygens (including phenoxy) is 1. The fourth-order valence-electron chi connectivity index (χ4n) is 3.84. The molecule has 0 saturated carbocycles. The van der Waals surface area contributed by atoms with E-state index in [2.05, 4.69) is 4.98 Å². The maximum atomic E-state index is 13.2. The largest absolute Gasteiger partial charge is 0.489 e. The van der Waals surface area contributed by atoms with Crippen LogP contribution < -0.4 is 14.5 Å². The summed E-state index contributed by atoms with van der Waals surface area (Å²) in [6.07, 6.45) is -2.64. The van der Waals surface area contributed by atoms with Gasteiger partial charge in [0, 0.05) is 56.6 Å². The second-order valence-electron chi connectivity index (χ2n) is 7.30. The zero-order valence-corrected chi connectivity index (χ0v) is 15.7. The molecule has 1 aromatic carbocycles. The van der Waals surface area contributed by atoms with Gasteiger partial charge in [0.05, 0.1) is 12.2 Å². The molecule has 0 saturated heterocycles. The lowest BCUT2D eigenvalue weighted by molar-refractivity contribution is -0.147. The Kier molecular flexibility index (Phi) is 4.47. The van der Waals surface area contributed by atoms with Gasteiger partial charge in [-0.05, 0) is 18.6 Å². The highest BCUT2D eigenvalue weighted by Gasteiger charge is 2.40. The SMILES string of the molecule is CN(C)c1ccc2c(c1)OCCN2C(=O)[C@@H]1CCn2c(cnc2C(F)(F)F)C1. The summed E-state index contributed by atoms with van der Waals surface area (Å²) in [5.74, 6) is -0.694. The number of fused-ring (bicyclic) bond motifs is 2. The number of carbonyl (C=O) groups is 1. The van der Waals surface area contributed by atoms with Crippen LogP contribution in [0.5, 0.6) is 5.75 Å². The van der Waals surface area contributed by atoms with Crippen molar-refractivity contribution in [1.82, 2.24) is 9.55 Å². The number of amides is 1. The molecule has 2 aliphatic heterocycles. The molecule has 28 heavy (non-hydrogen) atoms. The molecule has 1 atom stereocenters. The maximum Gasteiger partial charge on any atom is 0.449 e. The molecule has 2 aliphatic rings. The number of hydrogen-bond donors (Lipinski definition) is 0. The van der Waals surface area contributed by atoms with Crippen LogP contribution >= 0.6 is 0 Å². The molecule has 150 valence electrons. The van der Waals surface area contributed by atoms with E-state index >= 15 is 0 Å². The summed E-state index contributed by atoms with van der Waals surface area (Å²) in [6.45, 7) is 0.951. The summed E-state index contributed by atoms with van der Waals surface area (Å²) in [4.78, 5) is 20.3. The molecule has 1 amide bonds. The van der Waals surface area contributed by atoms with E-state index in [1.807, 2.05) is 37.2 Å². The minimum atomic E-state index is -4.48. The van der Waals surface area contributed by atoms with Crippen molar-refractivity contribution >= 4 is 17.3 Å². The van der Waals surface area contributed by atoms with Crippen LogP contribution in [0.3, 0.4) is 0 Å². The lowest BCUT2D eigenvalue weighted by Crippen LogP contribution is -2.43. The Morgan fingerprint density at radius 1 is 1.29 bits per heavy atom. The van der Waals surface area contributed by atoms with Gasteiger partial charge in [0.25, 0.3) is 0 Å². The first-order valence-corrected chi connectivity index (χ1v) is 9.13. The van der Waals surface area contributed by atoms with E-state index in [1.54, 1.807) is 4.90 Å². The van der Waals surface area contributed by atoms with E-state index in [0.717, 1.165) is 5.69 Å². The summed E-state index contributed by atoms with van der Waals surface area (Å²) in [5, 5.41) is 0. The minimum absolute atomic E-state index is 0.0804. The first kappa shape index (κ1) is 18.6. The molecule has 0 N–H and O–H groups in total. The van der Waals surface area contributed by atoms with Gasteiger partial charge in [-0.15, -0.1) is 0 Å². The molecule has 0 fully saturated rings. The van der Waals surface area contributed by atoms with Gasteiger partial charge in [0.1, 0.15) is 12.4 Å². The van der Waals surface area contributed by atoms with Gasteiger partial charge < -0.3 is 19.1 Å². The van der Waals surface area contributed by atoms with Crippen molar-refractivity contribution in [2.75, 3.05) is 37.0 Å². The Bertz CT molecular complexity index is 907. The van der Waals surface area contributed by atoms with Gasteiger partial charge in [-0.3, -0.25) is 4.79 Å². The molecule has 4 rings (SSSR count). The summed E-state index contributed by atoms with van der Waals surface area (Å²) in [5.41, 5.74) is 2.12. The monoisotopic (exact) mass is 394 g/mol. The number of aromatic nitrogens is 2. The minimum Gasteiger partial charge on any atom is -0.489 e. The number of carbonyl (C=O) groups excluding carboxylic acids is 1. The number of rotatable bonds is 2. The number of hydrogen-bond acceptors (Lipinski definition) is 4. The summed E-state index contributed by atoms with van der Waals surface area (Å²) < 4.78 is 46.0. The van der Waals surface area contributed by atoms with E-state index < -0.39 is 12.0 Å². The molecule has 0 unspecified atom stereocenters. The van der Waals surface area contributed by atoms with Crippen molar-refractivity contribution in [3.63, 3.8) is 0 Å². The summed E-state index contributed by atoms with van der Waals surface area (Å²) in [7, 11) is 3.85. The Balaban J connectivity index is 1.56. The second kappa shape index (κ2) is 6.72. The third-order valence-electron chi connectivity index (χ3n) is 5.29. The molecule has 0 spiro atoms. The molecule has 3 heterocycles. The van der Waals surface area contributed by atoms with E-state index in [1.165, 1.54) is 10.8 Å². The average Bonchev–Trinajstić information content (AvgIpc) is 3.10. The van der Waals surface area contributed by atoms with Crippen molar-refractivity contribution in [2.45, 2.75) is 25.6 Å². The number of anilines is 2. The Morgan fingerprint density at radius 2 is 2.07 bits per heavy atom. The molecule has 0 bridgehead atoms. The molecule has 0 radical (unpaired) electrons. The van der Waals surface area contributed by atoms with Crippen molar-refractivity contribution in [2.24, 2.45) is 5.92 Å². The van der Waals surface area contributed by atoms with Gasteiger partial charge in [0.15, 0.2) is 0 Å². The molecule has 9 heteroatoms. The fourth-order valence-corrected chi connectivity index (χ4v) is 3.84. The Labute approximate surface area is 160 Å². The second-order valence-corrected chi connectivity index (χ2v) is 7.30. The van der Waals surface area contributed by atoms with Crippen LogP contribution in [0.4, 0.5) is 24.5 Å². The first-order chi connectivity index (χ1) is 13.3. The third kappa shape index (κ3) is 3.18. The topological polar surface area (TPSA) is 50.6 Å². The van der Waals surface area contributed by atoms with E-state index in [9.17, 15) is 18.0 Å². The van der Waals surface area contributed by atoms with Crippen LogP contribution in [0.2, 0.25) is 0 Å². The maximum absolute atomic E-state index is 13.2. The third-order valence-corrected chi connectivity index (χ3v) is 5.29. The molecule has 0 aliphatic carbocycles. The van der Waals surface area contributed by atoms with Crippen molar-refractivity contribution in [3.8, 4) is 5.75 Å². The summed E-state index contributed by atoms with van der Waals surface area (Å²) >= 11 is 0. The number of halogens is 3. The van der Waals surface area contributed by atoms with Crippen molar-refractivity contribution < 1.29 is 22.7 Å². The number of nitrogens with zero attached hydrogens (tertiary/aromatic N) is 4. The van der Waals surface area contributed by atoms with Crippen molar-refractivity contribution in [1.29, 1.82) is 0 Å². The predicted octanol–water partition coefficient (Wildman–Crippen LogP) is 2.96. The van der Waals surface area contributed by atoms with Crippen LogP contribution in [-0.4, -0.2) is 42.7 Å². The summed E-state index contributed by atoms with van der Waals surface area (Å²) in [6, 6.07) is 5.66. The normalized spacial score (nSPS) is 18.9. The van der Waals surface area contributed by atoms with E-state index in [4.69, 9.17) is 4.74 Å². The molecule has 2 aromatic rings. The zero-order valence-electron chi connectivity index (χ0n) is 15.7. The highest BCUT2D eigenvalue weighted by atomic mass is 19.4. The van der Waals surface area contributed by atoms with Crippen LogP contribution in [0.25, 0.3) is 0 Å². The highest BCUT2D eigenvalue weighted by Crippen LogP contribution is 2.37. The smallest absolute Gasteiger partial charge is 0.449 e. The van der Waals surface area contributed by atoms with Gasteiger partial charge in [-0.25, -0.2) is 4.98 Å². The predicted molar refractivity (Wildman–Crippen MR) is 97.7 cm³/mol. The Hall–Kier alpha value is -2.71. The lowest BCUT2D eigenvalue weighted by atomic mass is 9.94. The number of alkyl halides is 3. The number of imidazole rings is 1. The van der Waals surface area contributed by atoms with Crippen LogP contribution in [0.1, 0.15) is 17.9 Å². The zero-order chi connectivity index (χ0) is 20.1. The standard InChI is InChI=1S/C19H21F3N4O2/c1-24(2)13-3-4-15-16(10-13)28-8-7-26(15)17(27)12-5-6-25-14(9-12)11-23-18(25)19(20,21)22/h3-4,10-12H,5-9H2,1-2H3/t12-/m1/s1. The molecular weight excluding hydrogens is 373 g/mol. The highest BCUT2D eigenvalue weighted by molar-refractivity contribution is 5.97. The molecule has 6 nitrogen and oxygen atoms in total. The molecular formula is C19H21F3N4O2. The van der Waals surface area contributed by atoms with E-state index in [-0.39, 0.29) is 24.8 Å². The first-order valence-electron chi connectivity index (χ1n) is 9.13. The van der Waals surface area contributed by atoms with Gasteiger partial charge in [0.2, 0.25) is 11.7 Å². The van der Waals surface area contributed by atoms with E-state index in [0.29, 0.717) is 36.7 Å². The number of benzene rings is 1. The lowest BCUT2D eigenvalue weighted by Gasteiger charge is -2.34.